The zero-order chi connectivity index (χ0) is 11.7. The topological polar surface area (TPSA) is 76.2 Å². The molecule has 1 aromatic heterocycles. The third-order valence-electron chi connectivity index (χ3n) is 1.95. The Kier molecular flexibility index (Phi) is 3.10. The van der Waals surface area contributed by atoms with Crippen molar-refractivity contribution in [1.29, 1.82) is 0 Å². The Hall–Kier alpha value is -1.15. The molecule has 1 heterocycles. The van der Waals surface area contributed by atoms with Crippen molar-refractivity contribution in [2.75, 3.05) is 5.73 Å². The Morgan fingerprint density at radius 1 is 1.38 bits per heavy atom. The van der Waals surface area contributed by atoms with Crippen molar-refractivity contribution in [2.24, 2.45) is 0 Å². The molecular weight excluding hydrogens is 339 g/mol. The van der Waals surface area contributed by atoms with Crippen LogP contribution in [-0.4, -0.2) is 16.1 Å². The number of hydrogen-bond donors (Lipinski definition) is 2. The second-order valence-corrected chi connectivity index (χ2v) is 5.32. The predicted molar refractivity (Wildman–Crippen MR) is 71.6 cm³/mol. The van der Waals surface area contributed by atoms with E-state index in [1.54, 1.807) is 0 Å². The number of nitrogen functional groups attached to an aromatic ring is 1. The van der Waals surface area contributed by atoms with Gasteiger partial charge in [0.1, 0.15) is 10.0 Å². The largest absolute Gasteiger partial charge is 0.476 e. The van der Waals surface area contributed by atoms with E-state index in [9.17, 15) is 4.79 Å². The van der Waals surface area contributed by atoms with Gasteiger partial charge in [-0.1, -0.05) is 23.5 Å². The van der Waals surface area contributed by atoms with Crippen molar-refractivity contribution in [3.8, 4) is 10.6 Å². The SMILES string of the molecule is Nc1sc(-c2ccc(I)cc2)nc1C(=O)O. The molecule has 0 amide bonds. The molecule has 0 radical (unpaired) electrons. The number of nitrogens with two attached hydrogens (primary N) is 1. The molecule has 0 aliphatic heterocycles. The monoisotopic (exact) mass is 346 g/mol. The third kappa shape index (κ3) is 2.17. The number of carbonyl (C=O) groups is 1. The molecule has 0 fully saturated rings. The average molecular weight is 346 g/mol. The minimum Gasteiger partial charge on any atom is -0.476 e. The van der Waals surface area contributed by atoms with Crippen LogP contribution in [0.5, 0.6) is 0 Å². The standard InChI is InChI=1S/C10H7IN2O2S/c11-6-3-1-5(2-4-6)9-13-7(10(14)15)8(12)16-9/h1-4H,12H2,(H,14,15). The molecule has 4 nitrogen and oxygen atoms in total. The lowest BCUT2D eigenvalue weighted by molar-refractivity contribution is 0.0692. The van der Waals surface area contributed by atoms with Crippen LogP contribution in [0.2, 0.25) is 0 Å². The molecule has 0 bridgehead atoms. The average Bonchev–Trinajstić information content (AvgIpc) is 2.61. The first-order chi connectivity index (χ1) is 7.58. The summed E-state index contributed by atoms with van der Waals surface area (Å²) < 4.78 is 1.12. The summed E-state index contributed by atoms with van der Waals surface area (Å²) in [5.74, 6) is -1.09. The first-order valence-corrected chi connectivity index (χ1v) is 6.23. The van der Waals surface area contributed by atoms with Crippen molar-refractivity contribution < 1.29 is 9.90 Å². The van der Waals surface area contributed by atoms with Gasteiger partial charge in [-0.2, -0.15) is 0 Å². The van der Waals surface area contributed by atoms with Gasteiger partial charge in [-0.3, -0.25) is 0 Å². The fourth-order valence-electron chi connectivity index (χ4n) is 1.20. The molecule has 6 heteroatoms. The molecule has 2 aromatic rings. The minimum absolute atomic E-state index is 0.0708. The Morgan fingerprint density at radius 2 is 2.00 bits per heavy atom. The second-order valence-electron chi connectivity index (χ2n) is 3.04. The molecule has 2 rings (SSSR count). The van der Waals surface area contributed by atoms with Crippen molar-refractivity contribution in [2.45, 2.75) is 0 Å². The summed E-state index contributed by atoms with van der Waals surface area (Å²) in [6.45, 7) is 0. The van der Waals surface area contributed by atoms with Gasteiger partial charge in [-0.15, -0.1) is 0 Å². The zero-order valence-corrected chi connectivity index (χ0v) is 10.9. The maximum atomic E-state index is 10.8. The molecule has 0 saturated carbocycles. The molecular formula is C10H7IN2O2S. The van der Waals surface area contributed by atoms with Crippen LogP contribution in [-0.2, 0) is 0 Å². The zero-order valence-electron chi connectivity index (χ0n) is 7.98. The van der Waals surface area contributed by atoms with E-state index in [0.717, 1.165) is 9.13 Å². The lowest BCUT2D eigenvalue weighted by atomic mass is 10.2. The van der Waals surface area contributed by atoms with E-state index in [4.69, 9.17) is 10.8 Å². The van der Waals surface area contributed by atoms with Gasteiger partial charge in [0.15, 0.2) is 5.69 Å². The Bertz CT molecular complexity index is 536. The number of anilines is 1. The van der Waals surface area contributed by atoms with Crippen molar-refractivity contribution in [3.05, 3.63) is 33.5 Å². The highest BCUT2D eigenvalue weighted by molar-refractivity contribution is 14.1. The molecule has 0 spiro atoms. The normalized spacial score (nSPS) is 10.3. The lowest BCUT2D eigenvalue weighted by Gasteiger charge is -1.95. The number of aromatic nitrogens is 1. The van der Waals surface area contributed by atoms with Gasteiger partial charge < -0.3 is 10.8 Å². The van der Waals surface area contributed by atoms with Crippen LogP contribution in [0.3, 0.4) is 0 Å². The van der Waals surface area contributed by atoms with E-state index in [1.165, 1.54) is 11.3 Å². The highest BCUT2D eigenvalue weighted by Crippen LogP contribution is 2.30. The highest BCUT2D eigenvalue weighted by atomic mass is 127. The van der Waals surface area contributed by atoms with Gasteiger partial charge in [0, 0.05) is 9.13 Å². The summed E-state index contributed by atoms with van der Waals surface area (Å²) in [5, 5.41) is 9.70. The smallest absolute Gasteiger partial charge is 0.357 e. The number of halogens is 1. The molecule has 0 aliphatic rings. The summed E-state index contributed by atoms with van der Waals surface area (Å²) in [4.78, 5) is 14.8. The molecule has 0 unspecified atom stereocenters. The maximum Gasteiger partial charge on any atom is 0.357 e. The van der Waals surface area contributed by atoms with Gasteiger partial charge in [0.25, 0.3) is 0 Å². The third-order valence-corrected chi connectivity index (χ3v) is 3.60. The lowest BCUT2D eigenvalue weighted by Crippen LogP contribution is -2.00. The number of carboxylic acid groups (broad SMARTS) is 1. The van der Waals surface area contributed by atoms with E-state index in [-0.39, 0.29) is 10.7 Å². The maximum absolute atomic E-state index is 10.8. The van der Waals surface area contributed by atoms with E-state index in [0.29, 0.717) is 5.01 Å². The molecule has 82 valence electrons. The Labute approximate surface area is 109 Å². The van der Waals surface area contributed by atoms with Crippen molar-refractivity contribution in [1.82, 2.24) is 4.98 Å². The van der Waals surface area contributed by atoms with Crippen molar-refractivity contribution in [3.63, 3.8) is 0 Å². The van der Waals surface area contributed by atoms with E-state index in [2.05, 4.69) is 27.6 Å². The number of thiazole rings is 1. The molecule has 1 aromatic carbocycles. The Morgan fingerprint density at radius 3 is 2.50 bits per heavy atom. The van der Waals surface area contributed by atoms with Crippen LogP contribution in [0.4, 0.5) is 5.00 Å². The quantitative estimate of drug-likeness (QED) is 0.820. The summed E-state index contributed by atoms with van der Waals surface area (Å²) in [7, 11) is 0. The van der Waals surface area contributed by atoms with Crippen LogP contribution < -0.4 is 5.73 Å². The van der Waals surface area contributed by atoms with Crippen LogP contribution in [0.15, 0.2) is 24.3 Å². The number of carboxylic acids is 1. The van der Waals surface area contributed by atoms with Gasteiger partial charge >= 0.3 is 5.97 Å². The number of rotatable bonds is 2. The number of hydrogen-bond acceptors (Lipinski definition) is 4. The molecule has 3 N–H and O–H groups in total. The highest BCUT2D eigenvalue weighted by Gasteiger charge is 2.15. The first-order valence-electron chi connectivity index (χ1n) is 4.33. The molecule has 16 heavy (non-hydrogen) atoms. The molecule has 0 atom stereocenters. The predicted octanol–water partition coefficient (Wildman–Crippen LogP) is 2.70. The van der Waals surface area contributed by atoms with E-state index < -0.39 is 5.97 Å². The molecule has 0 aliphatic carbocycles. The van der Waals surface area contributed by atoms with Crippen molar-refractivity contribution >= 4 is 44.9 Å². The van der Waals surface area contributed by atoms with Gasteiger partial charge in [-0.25, -0.2) is 9.78 Å². The van der Waals surface area contributed by atoms with Crippen LogP contribution >= 0.6 is 33.9 Å². The molecule has 0 saturated heterocycles. The minimum atomic E-state index is -1.09. The van der Waals surface area contributed by atoms with Gasteiger partial charge in [0.2, 0.25) is 0 Å². The van der Waals surface area contributed by atoms with Crippen LogP contribution in [0.25, 0.3) is 10.6 Å². The fraction of sp³-hybridized carbons (Fsp3) is 0. The Balaban J connectivity index is 2.45. The van der Waals surface area contributed by atoms with Gasteiger partial charge in [0.05, 0.1) is 0 Å². The first kappa shape index (κ1) is 11.3. The number of nitrogens with zero attached hydrogens (tertiary/aromatic N) is 1. The summed E-state index contributed by atoms with van der Waals surface area (Å²) in [5.41, 5.74) is 6.39. The van der Waals surface area contributed by atoms with Gasteiger partial charge in [-0.05, 0) is 34.7 Å². The second kappa shape index (κ2) is 4.38. The fourth-order valence-corrected chi connectivity index (χ4v) is 2.39. The summed E-state index contributed by atoms with van der Waals surface area (Å²) in [6, 6.07) is 7.67. The van der Waals surface area contributed by atoms with Crippen LogP contribution in [0, 0.1) is 3.57 Å². The number of benzene rings is 1. The van der Waals surface area contributed by atoms with E-state index in [1.807, 2.05) is 24.3 Å². The van der Waals surface area contributed by atoms with E-state index >= 15 is 0 Å². The summed E-state index contributed by atoms with van der Waals surface area (Å²) >= 11 is 3.39. The number of aromatic carboxylic acids is 1. The van der Waals surface area contributed by atoms with Crippen LogP contribution in [0.1, 0.15) is 10.5 Å². The summed E-state index contributed by atoms with van der Waals surface area (Å²) in [6.07, 6.45) is 0.